The molecule has 0 fully saturated rings. The molecule has 1 aliphatic rings. The molecule has 0 aliphatic carbocycles. The minimum atomic E-state index is -4.71. The number of amides is 2. The number of imide groups is 1. The number of carbonyl (C=O) groups is 3. The molecule has 11 heteroatoms. The molecule has 0 radical (unpaired) electrons. The molecule has 0 aromatic heterocycles. The summed E-state index contributed by atoms with van der Waals surface area (Å²) >= 11 is 12.0. The first-order valence-corrected chi connectivity index (χ1v) is 10.5. The second-order valence-electron chi connectivity index (χ2n) is 6.99. The molecule has 0 spiro atoms. The molecule has 2 amide bonds. The molecule has 1 aliphatic heterocycles. The Balaban J connectivity index is 1.86. The van der Waals surface area contributed by atoms with Crippen molar-refractivity contribution in [1.29, 1.82) is 0 Å². The van der Waals surface area contributed by atoms with E-state index in [2.05, 4.69) is 5.32 Å². The van der Waals surface area contributed by atoms with Gasteiger partial charge in [0, 0.05) is 5.69 Å². The number of alkyl halides is 3. The largest absolute Gasteiger partial charge is 0.462 e. The van der Waals surface area contributed by atoms with Gasteiger partial charge >= 0.3 is 12.1 Å². The number of ether oxygens (including phenoxy) is 1. The normalized spacial score (nSPS) is 14.2. The van der Waals surface area contributed by atoms with E-state index in [4.69, 9.17) is 27.9 Å². The molecule has 0 atom stereocenters. The van der Waals surface area contributed by atoms with Crippen molar-refractivity contribution in [2.24, 2.45) is 0 Å². The smallest absolute Gasteiger partial charge is 0.416 e. The predicted molar refractivity (Wildman–Crippen MR) is 117 cm³/mol. The van der Waals surface area contributed by atoms with Crippen molar-refractivity contribution in [2.45, 2.75) is 25.9 Å². The summed E-state index contributed by atoms with van der Waals surface area (Å²) in [6.07, 6.45) is -3.16. The molecule has 0 bridgehead atoms. The SMILES string of the molecule is CCCCOC(=O)c1cccc(NC2=C(Cl)C(=O)N(c3cc(C(F)(F)F)ccc3Cl)C2=O)c1. The molecule has 0 saturated carbocycles. The van der Waals surface area contributed by atoms with Gasteiger partial charge in [-0.2, -0.15) is 13.2 Å². The fourth-order valence-electron chi connectivity index (χ4n) is 2.95. The highest BCUT2D eigenvalue weighted by Crippen LogP contribution is 2.38. The van der Waals surface area contributed by atoms with E-state index >= 15 is 0 Å². The lowest BCUT2D eigenvalue weighted by atomic mass is 10.1. The fourth-order valence-corrected chi connectivity index (χ4v) is 3.37. The topological polar surface area (TPSA) is 75.7 Å². The van der Waals surface area contributed by atoms with Crippen molar-refractivity contribution < 1.29 is 32.3 Å². The van der Waals surface area contributed by atoms with Gasteiger partial charge in [-0.15, -0.1) is 0 Å². The summed E-state index contributed by atoms with van der Waals surface area (Å²) in [4.78, 5) is 38.1. The first kappa shape index (κ1) is 24.6. The van der Waals surface area contributed by atoms with Crippen molar-refractivity contribution in [1.82, 2.24) is 0 Å². The van der Waals surface area contributed by atoms with Gasteiger partial charge in [-0.3, -0.25) is 9.59 Å². The van der Waals surface area contributed by atoms with Crippen LogP contribution in [0.5, 0.6) is 0 Å². The maximum atomic E-state index is 13.1. The van der Waals surface area contributed by atoms with Crippen LogP contribution in [-0.4, -0.2) is 24.4 Å². The Hall–Kier alpha value is -3.04. The number of halogens is 5. The minimum absolute atomic E-state index is 0.197. The van der Waals surface area contributed by atoms with E-state index in [9.17, 15) is 27.6 Å². The summed E-state index contributed by atoms with van der Waals surface area (Å²) in [5.74, 6) is -2.61. The van der Waals surface area contributed by atoms with E-state index < -0.39 is 40.2 Å². The molecular weight excluding hydrogens is 484 g/mol. The predicted octanol–water partition coefficient (Wildman–Crippen LogP) is 5.75. The molecule has 6 nitrogen and oxygen atoms in total. The third-order valence-electron chi connectivity index (χ3n) is 4.64. The zero-order chi connectivity index (χ0) is 24.3. The van der Waals surface area contributed by atoms with Gasteiger partial charge in [-0.1, -0.05) is 42.6 Å². The number of unbranched alkanes of at least 4 members (excludes halogenated alkanes) is 1. The lowest BCUT2D eigenvalue weighted by Crippen LogP contribution is -2.32. The van der Waals surface area contributed by atoms with Crippen LogP contribution >= 0.6 is 23.2 Å². The summed E-state index contributed by atoms with van der Waals surface area (Å²) in [5, 5.41) is 1.88. The quantitative estimate of drug-likeness (QED) is 0.297. The van der Waals surface area contributed by atoms with Crippen LogP contribution in [0.3, 0.4) is 0 Å². The maximum absolute atomic E-state index is 13.1. The second kappa shape index (κ2) is 9.84. The lowest BCUT2D eigenvalue weighted by molar-refractivity contribution is -0.137. The summed E-state index contributed by atoms with van der Waals surface area (Å²) in [7, 11) is 0. The van der Waals surface area contributed by atoms with Gasteiger partial charge in [0.25, 0.3) is 11.8 Å². The standard InChI is InChI=1S/C22H17Cl2F3N2O4/c1-2-3-9-33-21(32)12-5-4-6-14(10-12)28-18-17(24)19(30)29(20(18)31)16-11-13(22(25,26)27)7-8-15(16)23/h4-8,10-11,28H,2-3,9H2,1H3. The highest BCUT2D eigenvalue weighted by molar-refractivity contribution is 6.53. The zero-order valence-corrected chi connectivity index (χ0v) is 18.6. The number of rotatable bonds is 7. The number of esters is 1. The van der Waals surface area contributed by atoms with Crippen LogP contribution < -0.4 is 10.2 Å². The van der Waals surface area contributed by atoms with Crippen LogP contribution in [0.4, 0.5) is 24.5 Å². The minimum Gasteiger partial charge on any atom is -0.462 e. The molecule has 0 unspecified atom stereocenters. The molecule has 3 rings (SSSR count). The van der Waals surface area contributed by atoms with Gasteiger partial charge in [0.1, 0.15) is 10.7 Å². The molecule has 2 aromatic rings. The van der Waals surface area contributed by atoms with Gasteiger partial charge in [0.2, 0.25) is 0 Å². The van der Waals surface area contributed by atoms with Gasteiger partial charge in [0.05, 0.1) is 28.4 Å². The van der Waals surface area contributed by atoms with Crippen LogP contribution in [0.25, 0.3) is 0 Å². The number of carbonyl (C=O) groups excluding carboxylic acids is 3. The summed E-state index contributed by atoms with van der Waals surface area (Å²) in [6, 6.07) is 8.20. The van der Waals surface area contributed by atoms with Crippen molar-refractivity contribution in [2.75, 3.05) is 16.8 Å². The van der Waals surface area contributed by atoms with Gasteiger partial charge in [-0.25, -0.2) is 9.69 Å². The van der Waals surface area contributed by atoms with Gasteiger partial charge in [-0.05, 0) is 42.8 Å². The van der Waals surface area contributed by atoms with Crippen LogP contribution in [-0.2, 0) is 20.5 Å². The van der Waals surface area contributed by atoms with E-state index in [0.717, 1.165) is 18.6 Å². The first-order valence-electron chi connectivity index (χ1n) is 9.74. The van der Waals surface area contributed by atoms with Gasteiger partial charge < -0.3 is 10.1 Å². The Morgan fingerprint density at radius 3 is 2.48 bits per heavy atom. The van der Waals surface area contributed by atoms with Crippen molar-refractivity contribution in [3.63, 3.8) is 0 Å². The number of benzene rings is 2. The van der Waals surface area contributed by atoms with Crippen LogP contribution in [0, 0.1) is 0 Å². The molecule has 2 aromatic carbocycles. The molecule has 174 valence electrons. The Kier molecular flexibility index (Phi) is 7.34. The van der Waals surface area contributed by atoms with Crippen LogP contribution in [0.15, 0.2) is 53.2 Å². The Morgan fingerprint density at radius 1 is 1.09 bits per heavy atom. The van der Waals surface area contributed by atoms with Crippen LogP contribution in [0.2, 0.25) is 5.02 Å². The highest BCUT2D eigenvalue weighted by atomic mass is 35.5. The molecule has 1 heterocycles. The summed E-state index contributed by atoms with van der Waals surface area (Å²) in [6.45, 7) is 2.20. The van der Waals surface area contributed by atoms with E-state index in [0.29, 0.717) is 17.4 Å². The number of hydrogen-bond acceptors (Lipinski definition) is 5. The molecule has 0 saturated heterocycles. The average molecular weight is 501 g/mol. The summed E-state index contributed by atoms with van der Waals surface area (Å²) < 4.78 is 44.5. The Labute approximate surface area is 196 Å². The van der Waals surface area contributed by atoms with Crippen molar-refractivity contribution in [3.8, 4) is 0 Å². The van der Waals surface area contributed by atoms with E-state index in [1.54, 1.807) is 0 Å². The van der Waals surface area contributed by atoms with Crippen LogP contribution in [0.1, 0.15) is 35.7 Å². The summed E-state index contributed by atoms with van der Waals surface area (Å²) in [5.41, 5.74) is -1.47. The number of nitrogens with one attached hydrogen (secondary N) is 1. The lowest BCUT2D eigenvalue weighted by Gasteiger charge is -2.18. The Bertz CT molecular complexity index is 1150. The van der Waals surface area contributed by atoms with Crippen molar-refractivity contribution in [3.05, 3.63) is 69.3 Å². The van der Waals surface area contributed by atoms with Crippen molar-refractivity contribution >= 4 is 52.4 Å². The maximum Gasteiger partial charge on any atom is 0.416 e. The first-order chi connectivity index (χ1) is 15.5. The number of nitrogens with zero attached hydrogens (tertiary/aromatic N) is 1. The number of hydrogen-bond donors (Lipinski definition) is 1. The van der Waals surface area contributed by atoms with E-state index in [-0.39, 0.29) is 28.6 Å². The average Bonchev–Trinajstić information content (AvgIpc) is 2.97. The Morgan fingerprint density at radius 2 is 1.82 bits per heavy atom. The fraction of sp³-hybridized carbons (Fsp3) is 0.227. The zero-order valence-electron chi connectivity index (χ0n) is 17.1. The molecule has 33 heavy (non-hydrogen) atoms. The van der Waals surface area contributed by atoms with Gasteiger partial charge in [0.15, 0.2) is 0 Å². The highest BCUT2D eigenvalue weighted by Gasteiger charge is 2.41. The monoisotopic (exact) mass is 500 g/mol. The van der Waals surface area contributed by atoms with E-state index in [1.807, 2.05) is 6.92 Å². The third kappa shape index (κ3) is 5.31. The molecular formula is C22H17Cl2F3N2O4. The second-order valence-corrected chi connectivity index (χ2v) is 7.78. The van der Waals surface area contributed by atoms with E-state index in [1.165, 1.54) is 24.3 Å². The number of anilines is 2. The third-order valence-corrected chi connectivity index (χ3v) is 5.31. The molecule has 1 N–H and O–H groups in total.